The van der Waals surface area contributed by atoms with Gasteiger partial charge >= 0.3 is 0 Å². The fraction of sp³-hybridized carbons (Fsp3) is 0.583. The summed E-state index contributed by atoms with van der Waals surface area (Å²) >= 11 is 0. The largest absolute Gasteiger partial charge is 0.311 e. The van der Waals surface area contributed by atoms with Gasteiger partial charge in [0.15, 0.2) is 0 Å². The summed E-state index contributed by atoms with van der Waals surface area (Å²) in [5, 5.41) is 3.33. The second-order valence-electron chi connectivity index (χ2n) is 3.91. The predicted octanol–water partition coefficient (Wildman–Crippen LogP) is 2.70. The molecule has 1 aromatic heterocycles. The average molecular weight is 192 g/mol. The number of nitrogens with zero attached hydrogens (tertiary/aromatic N) is 1. The maximum atomic E-state index is 4.42. The number of aromatic nitrogens is 1. The van der Waals surface area contributed by atoms with Crippen molar-refractivity contribution in [2.45, 2.75) is 33.2 Å². The van der Waals surface area contributed by atoms with Crippen LogP contribution < -0.4 is 5.32 Å². The van der Waals surface area contributed by atoms with Gasteiger partial charge in [-0.05, 0) is 37.6 Å². The van der Waals surface area contributed by atoms with Gasteiger partial charge in [0.05, 0.1) is 11.7 Å². The van der Waals surface area contributed by atoms with E-state index in [2.05, 4.69) is 37.1 Å². The summed E-state index contributed by atoms with van der Waals surface area (Å²) in [7, 11) is 2.00. The Morgan fingerprint density at radius 3 is 2.71 bits per heavy atom. The smallest absolute Gasteiger partial charge is 0.0578 e. The molecule has 0 saturated carbocycles. The fourth-order valence-electron chi connectivity index (χ4n) is 1.69. The summed E-state index contributed by atoms with van der Waals surface area (Å²) in [5.41, 5.74) is 2.43. The summed E-state index contributed by atoms with van der Waals surface area (Å²) < 4.78 is 0. The Morgan fingerprint density at radius 1 is 1.50 bits per heavy atom. The molecule has 0 aliphatic rings. The Labute approximate surface area is 86.8 Å². The zero-order chi connectivity index (χ0) is 10.6. The van der Waals surface area contributed by atoms with Crippen LogP contribution in [0.3, 0.4) is 0 Å². The highest BCUT2D eigenvalue weighted by atomic mass is 14.9. The van der Waals surface area contributed by atoms with Crippen molar-refractivity contribution in [3.05, 3.63) is 29.6 Å². The Balaban J connectivity index is 2.89. The van der Waals surface area contributed by atoms with E-state index in [4.69, 9.17) is 0 Å². The van der Waals surface area contributed by atoms with Crippen molar-refractivity contribution in [3.63, 3.8) is 0 Å². The van der Waals surface area contributed by atoms with Gasteiger partial charge in [-0.2, -0.15) is 0 Å². The molecule has 0 fully saturated rings. The average Bonchev–Trinajstić information content (AvgIpc) is 2.19. The van der Waals surface area contributed by atoms with Gasteiger partial charge in [0, 0.05) is 6.20 Å². The van der Waals surface area contributed by atoms with Crippen molar-refractivity contribution in [3.8, 4) is 0 Å². The fourth-order valence-corrected chi connectivity index (χ4v) is 1.69. The molecule has 0 radical (unpaired) electrons. The molecule has 78 valence electrons. The maximum absolute atomic E-state index is 4.42. The van der Waals surface area contributed by atoms with Crippen molar-refractivity contribution in [1.29, 1.82) is 0 Å². The zero-order valence-electron chi connectivity index (χ0n) is 9.54. The molecule has 1 heterocycles. The van der Waals surface area contributed by atoms with Crippen LogP contribution in [0.15, 0.2) is 18.3 Å². The van der Waals surface area contributed by atoms with Gasteiger partial charge in [0.1, 0.15) is 0 Å². The van der Waals surface area contributed by atoms with Crippen LogP contribution in [0.2, 0.25) is 0 Å². The number of nitrogens with one attached hydrogen (secondary N) is 1. The zero-order valence-corrected chi connectivity index (χ0v) is 9.54. The van der Waals surface area contributed by atoms with E-state index in [0.29, 0.717) is 12.0 Å². The second kappa shape index (κ2) is 5.11. The molecule has 2 nitrogen and oxygen atoms in total. The standard InChI is InChI=1S/C12H20N2/c1-5-10(3)12(13-4)11-8-9(2)6-7-14-11/h6-8,10,12-13H,5H2,1-4H3. The molecule has 1 aromatic rings. The van der Waals surface area contributed by atoms with Crippen molar-refractivity contribution in [1.82, 2.24) is 10.3 Å². The van der Waals surface area contributed by atoms with E-state index in [-0.39, 0.29) is 0 Å². The Hall–Kier alpha value is -0.890. The van der Waals surface area contributed by atoms with Gasteiger partial charge in [0.2, 0.25) is 0 Å². The van der Waals surface area contributed by atoms with Crippen LogP contribution >= 0.6 is 0 Å². The van der Waals surface area contributed by atoms with Gasteiger partial charge in [-0.15, -0.1) is 0 Å². The number of hydrogen-bond donors (Lipinski definition) is 1. The van der Waals surface area contributed by atoms with E-state index in [1.54, 1.807) is 0 Å². The van der Waals surface area contributed by atoms with Gasteiger partial charge < -0.3 is 5.32 Å². The molecule has 1 N–H and O–H groups in total. The Kier molecular flexibility index (Phi) is 4.08. The summed E-state index contributed by atoms with van der Waals surface area (Å²) in [4.78, 5) is 4.42. The Bertz CT molecular complexity index is 283. The molecule has 0 bridgehead atoms. The van der Waals surface area contributed by atoms with Crippen molar-refractivity contribution < 1.29 is 0 Å². The first-order valence-electron chi connectivity index (χ1n) is 5.28. The normalized spacial score (nSPS) is 15.1. The maximum Gasteiger partial charge on any atom is 0.0578 e. The van der Waals surface area contributed by atoms with Gasteiger partial charge in [-0.3, -0.25) is 4.98 Å². The molecular weight excluding hydrogens is 172 g/mol. The lowest BCUT2D eigenvalue weighted by Crippen LogP contribution is -2.24. The number of rotatable bonds is 4. The molecule has 0 aromatic carbocycles. The molecule has 2 heteroatoms. The predicted molar refractivity (Wildman–Crippen MR) is 60.2 cm³/mol. The summed E-state index contributed by atoms with van der Waals surface area (Å²) in [5.74, 6) is 0.620. The van der Waals surface area contributed by atoms with E-state index >= 15 is 0 Å². The lowest BCUT2D eigenvalue weighted by atomic mass is 9.95. The van der Waals surface area contributed by atoms with E-state index in [1.807, 2.05) is 19.3 Å². The number of aryl methyl sites for hydroxylation is 1. The molecule has 1 rings (SSSR count). The molecule has 0 spiro atoms. The number of hydrogen-bond acceptors (Lipinski definition) is 2. The third-order valence-corrected chi connectivity index (χ3v) is 2.78. The second-order valence-corrected chi connectivity index (χ2v) is 3.91. The highest BCUT2D eigenvalue weighted by molar-refractivity contribution is 5.17. The van der Waals surface area contributed by atoms with E-state index in [1.165, 1.54) is 12.0 Å². The van der Waals surface area contributed by atoms with Crippen LogP contribution in [-0.2, 0) is 0 Å². The van der Waals surface area contributed by atoms with E-state index in [0.717, 1.165) is 5.69 Å². The van der Waals surface area contributed by atoms with E-state index in [9.17, 15) is 0 Å². The third kappa shape index (κ3) is 2.55. The molecule has 0 aliphatic carbocycles. The minimum Gasteiger partial charge on any atom is -0.311 e. The first kappa shape index (κ1) is 11.2. The van der Waals surface area contributed by atoms with Crippen molar-refractivity contribution in [2.75, 3.05) is 7.05 Å². The summed E-state index contributed by atoms with van der Waals surface area (Å²) in [6.07, 6.45) is 3.05. The first-order valence-corrected chi connectivity index (χ1v) is 5.28. The monoisotopic (exact) mass is 192 g/mol. The van der Waals surface area contributed by atoms with Crippen molar-refractivity contribution >= 4 is 0 Å². The third-order valence-electron chi connectivity index (χ3n) is 2.78. The molecule has 0 aliphatic heterocycles. The molecule has 0 saturated heterocycles. The molecule has 0 amide bonds. The molecule has 2 atom stereocenters. The van der Waals surface area contributed by atoms with Crippen LogP contribution in [0.25, 0.3) is 0 Å². The number of pyridine rings is 1. The van der Waals surface area contributed by atoms with Gasteiger partial charge in [-0.25, -0.2) is 0 Å². The lowest BCUT2D eigenvalue weighted by molar-refractivity contribution is 0.392. The topological polar surface area (TPSA) is 24.9 Å². The van der Waals surface area contributed by atoms with Gasteiger partial charge in [-0.1, -0.05) is 20.3 Å². The molecule has 14 heavy (non-hydrogen) atoms. The van der Waals surface area contributed by atoms with Gasteiger partial charge in [0.25, 0.3) is 0 Å². The lowest BCUT2D eigenvalue weighted by Gasteiger charge is -2.22. The highest BCUT2D eigenvalue weighted by Gasteiger charge is 2.16. The Morgan fingerprint density at radius 2 is 2.21 bits per heavy atom. The van der Waals surface area contributed by atoms with Crippen LogP contribution in [0.1, 0.15) is 37.6 Å². The summed E-state index contributed by atoms with van der Waals surface area (Å²) in [6.45, 7) is 6.57. The molecular formula is C12H20N2. The SMILES string of the molecule is CCC(C)C(NC)c1cc(C)ccn1. The van der Waals surface area contributed by atoms with Crippen LogP contribution in [-0.4, -0.2) is 12.0 Å². The summed E-state index contributed by atoms with van der Waals surface area (Å²) in [6, 6.07) is 4.57. The van der Waals surface area contributed by atoms with Crippen LogP contribution in [0.5, 0.6) is 0 Å². The van der Waals surface area contributed by atoms with E-state index < -0.39 is 0 Å². The highest BCUT2D eigenvalue weighted by Crippen LogP contribution is 2.22. The van der Waals surface area contributed by atoms with Crippen LogP contribution in [0.4, 0.5) is 0 Å². The first-order chi connectivity index (χ1) is 6.69. The minimum atomic E-state index is 0.375. The quantitative estimate of drug-likeness (QED) is 0.793. The molecule has 2 unspecified atom stereocenters. The van der Waals surface area contributed by atoms with Crippen LogP contribution in [0, 0.1) is 12.8 Å². The minimum absolute atomic E-state index is 0.375. The van der Waals surface area contributed by atoms with Crippen molar-refractivity contribution in [2.24, 2.45) is 5.92 Å².